The maximum absolute atomic E-state index is 13.8. The number of aryl methyl sites for hydroxylation is 1. The van der Waals surface area contributed by atoms with Crippen molar-refractivity contribution >= 4 is 5.91 Å². The summed E-state index contributed by atoms with van der Waals surface area (Å²) in [7, 11) is 0. The van der Waals surface area contributed by atoms with E-state index in [1.165, 1.54) is 18.2 Å². The van der Waals surface area contributed by atoms with Gasteiger partial charge in [-0.1, -0.05) is 66.2 Å². The van der Waals surface area contributed by atoms with Crippen molar-refractivity contribution in [2.45, 2.75) is 20.0 Å². The molecule has 0 fully saturated rings. The highest BCUT2D eigenvalue weighted by atomic mass is 19.1. The largest absolute Gasteiger partial charge is 0.352 e. The Bertz CT molecular complexity index is 1430. The van der Waals surface area contributed by atoms with E-state index in [0.717, 1.165) is 26.4 Å². The number of carbonyl (C=O) groups is 1. The van der Waals surface area contributed by atoms with Crippen molar-refractivity contribution in [1.29, 1.82) is 0 Å². The molecule has 1 amide bonds. The molecule has 0 saturated heterocycles. The molecule has 0 aliphatic carbocycles. The number of halogens is 1. The second-order valence-corrected chi connectivity index (χ2v) is 7.57. The van der Waals surface area contributed by atoms with Crippen LogP contribution in [0.1, 0.15) is 27.2 Å². The summed E-state index contributed by atoms with van der Waals surface area (Å²) in [4.78, 5) is 39.2. The van der Waals surface area contributed by atoms with Crippen molar-refractivity contribution in [3.05, 3.63) is 128 Å². The van der Waals surface area contributed by atoms with Crippen LogP contribution in [0.5, 0.6) is 0 Å². The first-order valence-corrected chi connectivity index (χ1v) is 10.3. The molecule has 1 N–H and O–H groups in total. The molecule has 1 heterocycles. The Balaban J connectivity index is 1.79. The number of hydrogen-bond acceptors (Lipinski definition) is 4. The Morgan fingerprint density at radius 2 is 1.67 bits per heavy atom. The molecule has 166 valence electrons. The van der Waals surface area contributed by atoms with Crippen LogP contribution >= 0.6 is 0 Å². The van der Waals surface area contributed by atoms with Crippen LogP contribution in [0.3, 0.4) is 0 Å². The van der Waals surface area contributed by atoms with Crippen LogP contribution in [0.4, 0.5) is 4.39 Å². The monoisotopic (exact) mass is 444 g/mol. The predicted octanol–water partition coefficient (Wildman–Crippen LogP) is 2.82. The molecule has 0 unspecified atom stereocenters. The molecule has 4 rings (SSSR count). The fourth-order valence-corrected chi connectivity index (χ4v) is 3.43. The van der Waals surface area contributed by atoms with E-state index in [0.29, 0.717) is 5.56 Å². The third-order valence-electron chi connectivity index (χ3n) is 5.05. The van der Waals surface area contributed by atoms with Gasteiger partial charge in [-0.05, 0) is 36.2 Å². The number of aromatic nitrogens is 3. The van der Waals surface area contributed by atoms with Gasteiger partial charge in [-0.2, -0.15) is 9.78 Å². The molecular formula is C25H21FN4O3. The first-order chi connectivity index (χ1) is 15.9. The average molecular weight is 444 g/mol. The number of benzene rings is 3. The maximum atomic E-state index is 13.8. The highest BCUT2D eigenvalue weighted by Crippen LogP contribution is 2.08. The van der Waals surface area contributed by atoms with Gasteiger partial charge in [0.15, 0.2) is 0 Å². The molecule has 33 heavy (non-hydrogen) atoms. The number of carbonyl (C=O) groups excluding carboxylic acids is 1. The zero-order valence-corrected chi connectivity index (χ0v) is 17.9. The lowest BCUT2D eigenvalue weighted by molar-refractivity contribution is 0.0941. The van der Waals surface area contributed by atoms with Crippen molar-refractivity contribution in [3.63, 3.8) is 0 Å². The first-order valence-electron chi connectivity index (χ1n) is 10.3. The minimum absolute atomic E-state index is 0.0594. The van der Waals surface area contributed by atoms with Crippen LogP contribution in [0.2, 0.25) is 0 Å². The van der Waals surface area contributed by atoms with Gasteiger partial charge in [0, 0.05) is 6.54 Å². The first kappa shape index (κ1) is 21.9. The SMILES string of the molecule is Cc1cccc(Cn2c(=O)c(C(=O)NCc3ccccc3)nn(-c3cccc(F)c3)c2=O)c1. The normalized spacial score (nSPS) is 10.7. The van der Waals surface area contributed by atoms with Crippen LogP contribution < -0.4 is 16.6 Å². The molecule has 0 radical (unpaired) electrons. The number of amides is 1. The summed E-state index contributed by atoms with van der Waals surface area (Å²) < 4.78 is 15.6. The quantitative estimate of drug-likeness (QED) is 0.496. The van der Waals surface area contributed by atoms with Gasteiger partial charge < -0.3 is 5.32 Å². The van der Waals surface area contributed by atoms with Crippen molar-refractivity contribution in [1.82, 2.24) is 19.7 Å². The average Bonchev–Trinajstić information content (AvgIpc) is 2.81. The number of nitrogens with zero attached hydrogens (tertiary/aromatic N) is 3. The van der Waals surface area contributed by atoms with Gasteiger partial charge >= 0.3 is 5.69 Å². The Kier molecular flexibility index (Phi) is 6.26. The topological polar surface area (TPSA) is 86.0 Å². The van der Waals surface area contributed by atoms with E-state index in [1.54, 1.807) is 6.07 Å². The summed E-state index contributed by atoms with van der Waals surface area (Å²) in [5.41, 5.74) is 0.566. The van der Waals surface area contributed by atoms with Gasteiger partial charge in [0.05, 0.1) is 12.2 Å². The highest BCUT2D eigenvalue weighted by Gasteiger charge is 2.20. The summed E-state index contributed by atoms with van der Waals surface area (Å²) in [6.45, 7) is 2.01. The number of nitrogens with one attached hydrogen (secondary N) is 1. The molecule has 0 aliphatic rings. The lowest BCUT2D eigenvalue weighted by Gasteiger charge is -2.13. The van der Waals surface area contributed by atoms with Gasteiger partial charge in [-0.3, -0.25) is 14.2 Å². The van der Waals surface area contributed by atoms with Crippen LogP contribution in [0.25, 0.3) is 5.69 Å². The van der Waals surface area contributed by atoms with Crippen LogP contribution in [-0.4, -0.2) is 20.3 Å². The lowest BCUT2D eigenvalue weighted by Crippen LogP contribution is -2.46. The second-order valence-electron chi connectivity index (χ2n) is 7.57. The Morgan fingerprint density at radius 1 is 0.939 bits per heavy atom. The molecule has 7 nitrogen and oxygen atoms in total. The summed E-state index contributed by atoms with van der Waals surface area (Å²) >= 11 is 0. The van der Waals surface area contributed by atoms with Crippen molar-refractivity contribution in [3.8, 4) is 5.69 Å². The standard InChI is InChI=1S/C25H21FN4O3/c1-17-7-5-10-19(13-17)16-29-24(32)22(23(31)27-15-18-8-3-2-4-9-18)28-30(25(29)33)21-12-6-11-20(26)14-21/h2-14H,15-16H2,1H3,(H,27,31). The third-order valence-corrected chi connectivity index (χ3v) is 5.05. The van der Waals surface area contributed by atoms with Crippen LogP contribution in [-0.2, 0) is 13.1 Å². The molecule has 1 aromatic heterocycles. The van der Waals surface area contributed by atoms with Crippen molar-refractivity contribution in [2.24, 2.45) is 0 Å². The minimum Gasteiger partial charge on any atom is -0.346 e. The molecule has 0 atom stereocenters. The number of rotatable bonds is 6. The Morgan fingerprint density at radius 3 is 2.39 bits per heavy atom. The van der Waals surface area contributed by atoms with E-state index in [-0.39, 0.29) is 18.8 Å². The van der Waals surface area contributed by atoms with Gasteiger partial charge in [-0.15, -0.1) is 0 Å². The van der Waals surface area contributed by atoms with E-state index in [9.17, 15) is 18.8 Å². The lowest BCUT2D eigenvalue weighted by atomic mass is 10.1. The minimum atomic E-state index is -0.820. The fraction of sp³-hybridized carbons (Fsp3) is 0.120. The van der Waals surface area contributed by atoms with E-state index < -0.39 is 28.7 Å². The summed E-state index contributed by atoms with van der Waals surface area (Å²) in [5, 5.41) is 6.67. The second kappa shape index (κ2) is 9.44. The van der Waals surface area contributed by atoms with E-state index >= 15 is 0 Å². The Hall–Kier alpha value is -4.33. The molecule has 0 saturated carbocycles. The predicted molar refractivity (Wildman–Crippen MR) is 122 cm³/mol. The molecule has 0 aliphatic heterocycles. The summed E-state index contributed by atoms with van der Waals surface area (Å²) in [5.74, 6) is -1.31. The van der Waals surface area contributed by atoms with E-state index in [1.807, 2.05) is 55.5 Å². The maximum Gasteiger partial charge on any atom is 0.352 e. The molecule has 4 aromatic rings. The highest BCUT2D eigenvalue weighted by molar-refractivity contribution is 5.91. The van der Waals surface area contributed by atoms with Gasteiger partial charge in [0.25, 0.3) is 11.5 Å². The Labute approximate surface area is 188 Å². The van der Waals surface area contributed by atoms with Crippen molar-refractivity contribution in [2.75, 3.05) is 0 Å². The van der Waals surface area contributed by atoms with Crippen LogP contribution in [0, 0.1) is 12.7 Å². The molecule has 8 heteroatoms. The zero-order valence-electron chi connectivity index (χ0n) is 17.9. The molecule has 3 aromatic carbocycles. The fourth-order valence-electron chi connectivity index (χ4n) is 3.43. The third kappa shape index (κ3) is 4.95. The van der Waals surface area contributed by atoms with Gasteiger partial charge in [-0.25, -0.2) is 9.18 Å². The molecule has 0 spiro atoms. The summed E-state index contributed by atoms with van der Waals surface area (Å²) in [6, 6.07) is 21.7. The van der Waals surface area contributed by atoms with Gasteiger partial charge in [0.2, 0.25) is 5.69 Å². The molecular weight excluding hydrogens is 423 g/mol. The van der Waals surface area contributed by atoms with Crippen molar-refractivity contribution < 1.29 is 9.18 Å². The molecule has 0 bridgehead atoms. The smallest absolute Gasteiger partial charge is 0.346 e. The van der Waals surface area contributed by atoms with Crippen LogP contribution in [0.15, 0.2) is 88.5 Å². The number of hydrogen-bond donors (Lipinski definition) is 1. The van der Waals surface area contributed by atoms with E-state index in [2.05, 4.69) is 10.4 Å². The zero-order chi connectivity index (χ0) is 23.4. The van der Waals surface area contributed by atoms with E-state index in [4.69, 9.17) is 0 Å². The summed E-state index contributed by atoms with van der Waals surface area (Å²) in [6.07, 6.45) is 0. The van der Waals surface area contributed by atoms with Gasteiger partial charge in [0.1, 0.15) is 5.82 Å².